The molecule has 0 saturated carbocycles. The molecule has 0 saturated heterocycles. The number of benzene rings is 1. The molecule has 0 amide bonds. The predicted octanol–water partition coefficient (Wildman–Crippen LogP) is 2.28. The van der Waals surface area contributed by atoms with E-state index in [0.29, 0.717) is 0 Å². The van der Waals surface area contributed by atoms with Gasteiger partial charge in [0.05, 0.1) is 12.1 Å². The van der Waals surface area contributed by atoms with Gasteiger partial charge in [0.15, 0.2) is 0 Å². The Morgan fingerprint density at radius 3 is 3.00 bits per heavy atom. The van der Waals surface area contributed by atoms with Crippen LogP contribution in [0, 0.1) is 0 Å². The van der Waals surface area contributed by atoms with Crippen LogP contribution in [0.2, 0.25) is 0 Å². The number of nitrogens with zero attached hydrogens (tertiary/aromatic N) is 2. The van der Waals surface area contributed by atoms with E-state index in [9.17, 15) is 0 Å². The first kappa shape index (κ1) is 12.9. The summed E-state index contributed by atoms with van der Waals surface area (Å²) in [5.74, 6) is 1.60. The van der Waals surface area contributed by atoms with E-state index in [1.54, 1.807) is 31.4 Å². The number of rotatable bonds is 5. The van der Waals surface area contributed by atoms with Crippen LogP contribution in [0.3, 0.4) is 0 Å². The molecule has 0 aliphatic carbocycles. The lowest BCUT2D eigenvalue weighted by atomic mass is 10.1. The van der Waals surface area contributed by atoms with Crippen LogP contribution in [-0.4, -0.2) is 22.8 Å². The third-order valence-corrected chi connectivity index (χ3v) is 3.55. The second kappa shape index (κ2) is 6.37. The zero-order valence-electron chi connectivity index (χ0n) is 10.1. The average Bonchev–Trinajstić information content (AvgIpc) is 2.46. The van der Waals surface area contributed by atoms with Crippen molar-refractivity contribution < 1.29 is 4.74 Å². The maximum Gasteiger partial charge on any atom is 0.119 e. The lowest BCUT2D eigenvalue weighted by molar-refractivity contribution is 0.414. The molecular formula is C13H15N3OS. The van der Waals surface area contributed by atoms with Crippen molar-refractivity contribution in [2.75, 3.05) is 12.9 Å². The molecule has 2 aromatic rings. The lowest BCUT2D eigenvalue weighted by Crippen LogP contribution is -2.13. The Kier molecular flexibility index (Phi) is 4.55. The van der Waals surface area contributed by atoms with Crippen molar-refractivity contribution in [1.29, 1.82) is 0 Å². The highest BCUT2D eigenvalue weighted by Gasteiger charge is 2.08. The highest BCUT2D eigenvalue weighted by atomic mass is 32.2. The summed E-state index contributed by atoms with van der Waals surface area (Å²) in [7, 11) is 1.65. The summed E-state index contributed by atoms with van der Waals surface area (Å²) < 4.78 is 5.18. The highest BCUT2D eigenvalue weighted by molar-refractivity contribution is 7.99. The van der Waals surface area contributed by atoms with Gasteiger partial charge >= 0.3 is 0 Å². The van der Waals surface area contributed by atoms with Gasteiger partial charge in [-0.1, -0.05) is 12.1 Å². The Morgan fingerprint density at radius 2 is 2.28 bits per heavy atom. The number of nitrogens with two attached hydrogens (primary N) is 1. The smallest absolute Gasteiger partial charge is 0.119 e. The Bertz CT molecular complexity index is 493. The highest BCUT2D eigenvalue weighted by Crippen LogP contribution is 2.23. The fourth-order valence-electron chi connectivity index (χ4n) is 1.51. The van der Waals surface area contributed by atoms with Gasteiger partial charge in [0, 0.05) is 18.0 Å². The van der Waals surface area contributed by atoms with E-state index in [-0.39, 0.29) is 6.04 Å². The van der Waals surface area contributed by atoms with Gasteiger partial charge in [0.1, 0.15) is 12.1 Å². The quantitative estimate of drug-likeness (QED) is 0.661. The summed E-state index contributed by atoms with van der Waals surface area (Å²) in [5, 5.41) is 0.934. The van der Waals surface area contributed by atoms with E-state index in [2.05, 4.69) is 9.97 Å². The molecule has 2 N–H and O–H groups in total. The van der Waals surface area contributed by atoms with Crippen LogP contribution < -0.4 is 10.5 Å². The molecular weight excluding hydrogens is 246 g/mol. The summed E-state index contributed by atoms with van der Waals surface area (Å²) in [5.41, 5.74) is 7.21. The number of aromatic nitrogens is 2. The zero-order valence-corrected chi connectivity index (χ0v) is 10.9. The molecule has 0 aliphatic rings. The van der Waals surface area contributed by atoms with Crippen LogP contribution in [0.25, 0.3) is 0 Å². The van der Waals surface area contributed by atoms with Gasteiger partial charge in [-0.05, 0) is 23.8 Å². The van der Waals surface area contributed by atoms with Crippen LogP contribution in [0.1, 0.15) is 11.6 Å². The number of methoxy groups -OCH3 is 1. The Balaban J connectivity index is 1.97. The summed E-state index contributed by atoms with van der Waals surface area (Å²) in [6.07, 6.45) is 3.27. The lowest BCUT2D eigenvalue weighted by Gasteiger charge is -2.12. The minimum absolute atomic E-state index is 0.0416. The van der Waals surface area contributed by atoms with Crippen molar-refractivity contribution in [1.82, 2.24) is 9.97 Å². The Morgan fingerprint density at radius 1 is 1.39 bits per heavy atom. The van der Waals surface area contributed by atoms with Gasteiger partial charge in [-0.3, -0.25) is 0 Å². The topological polar surface area (TPSA) is 61.0 Å². The van der Waals surface area contributed by atoms with Crippen molar-refractivity contribution in [3.8, 4) is 5.75 Å². The largest absolute Gasteiger partial charge is 0.497 e. The molecule has 0 fully saturated rings. The molecule has 0 radical (unpaired) electrons. The fraction of sp³-hybridized carbons (Fsp3) is 0.231. The molecule has 18 heavy (non-hydrogen) atoms. The van der Waals surface area contributed by atoms with E-state index < -0.39 is 0 Å². The zero-order chi connectivity index (χ0) is 12.8. The molecule has 1 heterocycles. The van der Waals surface area contributed by atoms with Gasteiger partial charge in [-0.25, -0.2) is 9.97 Å². The maximum atomic E-state index is 6.15. The molecule has 0 aliphatic heterocycles. The van der Waals surface area contributed by atoms with Crippen LogP contribution in [-0.2, 0) is 0 Å². The first-order valence-electron chi connectivity index (χ1n) is 5.58. The molecule has 1 atom stereocenters. The first-order valence-corrected chi connectivity index (χ1v) is 6.56. The van der Waals surface area contributed by atoms with Crippen molar-refractivity contribution in [3.05, 3.63) is 48.4 Å². The molecule has 1 aromatic heterocycles. The molecule has 4 nitrogen and oxygen atoms in total. The Hall–Kier alpha value is -1.59. The van der Waals surface area contributed by atoms with E-state index in [4.69, 9.17) is 10.5 Å². The van der Waals surface area contributed by atoms with Gasteiger partial charge in [0.2, 0.25) is 0 Å². The monoisotopic (exact) mass is 261 g/mol. The van der Waals surface area contributed by atoms with Gasteiger partial charge in [0.25, 0.3) is 0 Å². The molecule has 0 bridgehead atoms. The average molecular weight is 261 g/mol. The SMILES string of the molecule is COc1cccc(C(N)CSc2ccncn2)c1. The molecule has 1 aromatic carbocycles. The van der Waals surface area contributed by atoms with Crippen molar-refractivity contribution in [3.63, 3.8) is 0 Å². The van der Waals surface area contributed by atoms with Crippen molar-refractivity contribution in [2.45, 2.75) is 11.1 Å². The summed E-state index contributed by atoms with van der Waals surface area (Å²) in [6, 6.07) is 9.67. The summed E-state index contributed by atoms with van der Waals surface area (Å²) >= 11 is 1.62. The molecule has 1 unspecified atom stereocenters. The second-order valence-corrected chi connectivity index (χ2v) is 4.78. The van der Waals surface area contributed by atoms with Gasteiger partial charge in [-0.2, -0.15) is 0 Å². The standard InChI is InChI=1S/C13H15N3OS/c1-17-11-4-2-3-10(7-11)12(14)8-18-13-5-6-15-9-16-13/h2-7,9,12H,8,14H2,1H3. The molecule has 94 valence electrons. The minimum Gasteiger partial charge on any atom is -0.497 e. The number of ether oxygens (including phenoxy) is 1. The van der Waals surface area contributed by atoms with Crippen LogP contribution >= 0.6 is 11.8 Å². The third kappa shape index (κ3) is 3.45. The van der Waals surface area contributed by atoms with Gasteiger partial charge < -0.3 is 10.5 Å². The second-order valence-electron chi connectivity index (χ2n) is 3.74. The molecule has 5 heteroatoms. The summed E-state index contributed by atoms with van der Waals surface area (Å²) in [6.45, 7) is 0. The van der Waals surface area contributed by atoms with Crippen LogP contribution in [0.5, 0.6) is 5.75 Å². The van der Waals surface area contributed by atoms with Crippen LogP contribution in [0.15, 0.2) is 47.9 Å². The first-order chi connectivity index (χ1) is 8.79. The normalized spacial score (nSPS) is 12.1. The predicted molar refractivity (Wildman–Crippen MR) is 72.7 cm³/mol. The van der Waals surface area contributed by atoms with Gasteiger partial charge in [-0.15, -0.1) is 11.8 Å². The molecule has 2 rings (SSSR count). The van der Waals surface area contributed by atoms with E-state index in [1.807, 2.05) is 30.3 Å². The maximum absolute atomic E-state index is 6.15. The van der Waals surface area contributed by atoms with Crippen molar-refractivity contribution in [2.24, 2.45) is 5.73 Å². The number of thioether (sulfide) groups is 1. The van der Waals surface area contributed by atoms with E-state index >= 15 is 0 Å². The summed E-state index contributed by atoms with van der Waals surface area (Å²) in [4.78, 5) is 8.03. The van der Waals surface area contributed by atoms with Crippen molar-refractivity contribution >= 4 is 11.8 Å². The van der Waals surface area contributed by atoms with Crippen LogP contribution in [0.4, 0.5) is 0 Å². The van der Waals surface area contributed by atoms with E-state index in [1.165, 1.54) is 0 Å². The number of hydrogen-bond acceptors (Lipinski definition) is 5. The third-order valence-electron chi connectivity index (χ3n) is 2.49. The van der Waals surface area contributed by atoms with E-state index in [0.717, 1.165) is 22.1 Å². The molecule has 0 spiro atoms. The number of hydrogen-bond donors (Lipinski definition) is 1. The fourth-order valence-corrected chi connectivity index (χ4v) is 2.33. The Labute approximate surface area is 111 Å². The minimum atomic E-state index is -0.0416.